The summed E-state index contributed by atoms with van der Waals surface area (Å²) in [5.74, 6) is 0. The first kappa shape index (κ1) is 10.8. The van der Waals surface area contributed by atoms with Gasteiger partial charge in [0.05, 0.1) is 5.02 Å². The van der Waals surface area contributed by atoms with Gasteiger partial charge in [0.15, 0.2) is 0 Å². The summed E-state index contributed by atoms with van der Waals surface area (Å²) in [4.78, 5) is 1.07. The highest BCUT2D eigenvalue weighted by Gasteiger charge is 2.11. The Labute approximate surface area is 88.2 Å². The van der Waals surface area contributed by atoms with E-state index in [9.17, 15) is 0 Å². The Balaban J connectivity index is 2.63. The van der Waals surface area contributed by atoms with Crippen molar-refractivity contribution in [3.8, 4) is 0 Å². The largest absolute Gasteiger partial charge is 0.323 e. The highest BCUT2D eigenvalue weighted by atomic mass is 35.5. The highest BCUT2D eigenvalue weighted by Crippen LogP contribution is 2.30. The molecule has 0 aliphatic heterocycles. The lowest BCUT2D eigenvalue weighted by atomic mass is 10.1. The molecule has 1 nitrogen and oxygen atoms in total. The van der Waals surface area contributed by atoms with Crippen LogP contribution in [0.3, 0.4) is 0 Å². The summed E-state index contributed by atoms with van der Waals surface area (Å²) >= 11 is 7.57. The van der Waals surface area contributed by atoms with Crippen molar-refractivity contribution in [1.82, 2.24) is 0 Å². The summed E-state index contributed by atoms with van der Waals surface area (Å²) in [7, 11) is 0. The quantitative estimate of drug-likeness (QED) is 0.761. The molecule has 1 aromatic heterocycles. The minimum atomic E-state index is 0.0138. The first-order valence-corrected chi connectivity index (χ1v) is 5.56. The zero-order valence-corrected chi connectivity index (χ0v) is 9.29. The molecule has 0 saturated heterocycles. The molecule has 1 rings (SSSR count). The molecule has 1 heterocycles. The average molecular weight is 216 g/mol. The maximum Gasteiger partial charge on any atom is 0.0561 e. The molecule has 0 saturated carbocycles. The molecule has 3 heteroatoms. The van der Waals surface area contributed by atoms with Gasteiger partial charge in [-0.2, -0.15) is 0 Å². The van der Waals surface area contributed by atoms with Crippen LogP contribution in [0.1, 0.15) is 30.7 Å². The summed E-state index contributed by atoms with van der Waals surface area (Å²) in [5.41, 5.74) is 7.16. The second-order valence-electron chi connectivity index (χ2n) is 3.05. The molecule has 0 bridgehead atoms. The first-order valence-electron chi connectivity index (χ1n) is 4.30. The predicted molar refractivity (Wildman–Crippen MR) is 60.3 cm³/mol. The molecular formula is C10H14ClNS. The molecule has 0 fully saturated rings. The molecule has 0 aromatic carbocycles. The summed E-state index contributed by atoms with van der Waals surface area (Å²) in [6.45, 7) is 6.02. The highest BCUT2D eigenvalue weighted by molar-refractivity contribution is 7.10. The van der Waals surface area contributed by atoms with E-state index in [0.717, 1.165) is 22.7 Å². The van der Waals surface area contributed by atoms with E-state index in [2.05, 4.69) is 13.5 Å². The maximum absolute atomic E-state index is 5.98. The van der Waals surface area contributed by atoms with Gasteiger partial charge in [-0.25, -0.2) is 0 Å². The van der Waals surface area contributed by atoms with Crippen LogP contribution >= 0.6 is 22.9 Å². The van der Waals surface area contributed by atoms with Gasteiger partial charge in [0, 0.05) is 10.9 Å². The molecule has 1 aromatic rings. The molecule has 0 spiro atoms. The number of halogens is 1. The van der Waals surface area contributed by atoms with Gasteiger partial charge in [0.2, 0.25) is 0 Å². The number of rotatable bonds is 4. The van der Waals surface area contributed by atoms with Crippen molar-refractivity contribution in [2.75, 3.05) is 0 Å². The molecule has 72 valence electrons. The van der Waals surface area contributed by atoms with Gasteiger partial charge in [-0.3, -0.25) is 0 Å². The Morgan fingerprint density at radius 2 is 2.46 bits per heavy atom. The molecular weight excluding hydrogens is 202 g/mol. The predicted octanol–water partition coefficient (Wildman–Crippen LogP) is 3.76. The molecule has 0 radical (unpaired) electrons. The molecule has 13 heavy (non-hydrogen) atoms. The van der Waals surface area contributed by atoms with Crippen molar-refractivity contribution in [1.29, 1.82) is 0 Å². The SMILES string of the molecule is C=C(CC)CC(N)c1sccc1Cl. The van der Waals surface area contributed by atoms with Gasteiger partial charge in [-0.05, 0) is 24.3 Å². The van der Waals surface area contributed by atoms with Gasteiger partial charge in [-0.1, -0.05) is 30.7 Å². The summed E-state index contributed by atoms with van der Waals surface area (Å²) in [6, 6.07) is 1.90. The van der Waals surface area contributed by atoms with E-state index in [1.54, 1.807) is 11.3 Å². The molecule has 0 aliphatic carbocycles. The van der Waals surface area contributed by atoms with Crippen molar-refractivity contribution in [2.24, 2.45) is 5.73 Å². The van der Waals surface area contributed by atoms with Gasteiger partial charge < -0.3 is 5.73 Å². The Morgan fingerprint density at radius 1 is 1.77 bits per heavy atom. The van der Waals surface area contributed by atoms with Crippen LogP contribution in [0.5, 0.6) is 0 Å². The number of hydrogen-bond acceptors (Lipinski definition) is 2. The van der Waals surface area contributed by atoms with E-state index in [1.165, 1.54) is 5.57 Å². The number of thiophene rings is 1. The normalized spacial score (nSPS) is 12.8. The zero-order valence-electron chi connectivity index (χ0n) is 7.72. The van der Waals surface area contributed by atoms with Crippen LogP contribution in [0.4, 0.5) is 0 Å². The fourth-order valence-corrected chi connectivity index (χ4v) is 2.32. The lowest BCUT2D eigenvalue weighted by Crippen LogP contribution is -2.09. The Bertz CT molecular complexity index is 293. The smallest absolute Gasteiger partial charge is 0.0561 e. The Kier molecular flexibility index (Phi) is 3.97. The van der Waals surface area contributed by atoms with Crippen LogP contribution in [0, 0.1) is 0 Å². The first-order chi connectivity index (χ1) is 6.15. The van der Waals surface area contributed by atoms with Crippen LogP contribution in [0.15, 0.2) is 23.6 Å². The third kappa shape index (κ3) is 2.83. The Morgan fingerprint density at radius 3 is 2.92 bits per heavy atom. The van der Waals surface area contributed by atoms with Gasteiger partial charge in [0.25, 0.3) is 0 Å². The van der Waals surface area contributed by atoms with Crippen molar-refractivity contribution >= 4 is 22.9 Å². The molecule has 0 aliphatic rings. The lowest BCUT2D eigenvalue weighted by molar-refractivity contribution is 0.714. The van der Waals surface area contributed by atoms with E-state index in [0.29, 0.717) is 0 Å². The minimum Gasteiger partial charge on any atom is -0.323 e. The van der Waals surface area contributed by atoms with Gasteiger partial charge >= 0.3 is 0 Å². The third-order valence-corrected chi connectivity index (χ3v) is 3.48. The van der Waals surface area contributed by atoms with E-state index < -0.39 is 0 Å². The summed E-state index contributed by atoms with van der Waals surface area (Å²) in [5, 5.41) is 2.74. The Hall–Kier alpha value is -0.310. The van der Waals surface area contributed by atoms with Gasteiger partial charge in [0.1, 0.15) is 0 Å². The van der Waals surface area contributed by atoms with E-state index in [-0.39, 0.29) is 6.04 Å². The van der Waals surface area contributed by atoms with Crippen LogP contribution < -0.4 is 5.73 Å². The van der Waals surface area contributed by atoms with Crippen molar-refractivity contribution in [3.05, 3.63) is 33.5 Å². The van der Waals surface area contributed by atoms with E-state index in [1.807, 2.05) is 11.4 Å². The standard InChI is InChI=1S/C10H14ClNS/c1-3-7(2)6-9(12)10-8(11)4-5-13-10/h4-5,9H,2-3,6,12H2,1H3. The molecule has 0 amide bonds. The molecule has 2 N–H and O–H groups in total. The van der Waals surface area contributed by atoms with Gasteiger partial charge in [-0.15, -0.1) is 11.3 Å². The second-order valence-corrected chi connectivity index (χ2v) is 4.40. The fourth-order valence-electron chi connectivity index (χ4n) is 1.12. The van der Waals surface area contributed by atoms with Crippen LogP contribution in [-0.4, -0.2) is 0 Å². The van der Waals surface area contributed by atoms with Crippen LogP contribution in [0.25, 0.3) is 0 Å². The second kappa shape index (κ2) is 4.80. The van der Waals surface area contributed by atoms with E-state index in [4.69, 9.17) is 17.3 Å². The van der Waals surface area contributed by atoms with Crippen molar-refractivity contribution < 1.29 is 0 Å². The van der Waals surface area contributed by atoms with Crippen molar-refractivity contribution in [2.45, 2.75) is 25.8 Å². The number of hydrogen-bond donors (Lipinski definition) is 1. The number of nitrogens with two attached hydrogens (primary N) is 1. The third-order valence-electron chi connectivity index (χ3n) is 1.99. The summed E-state index contributed by atoms with van der Waals surface area (Å²) < 4.78 is 0. The fraction of sp³-hybridized carbons (Fsp3) is 0.400. The summed E-state index contributed by atoms with van der Waals surface area (Å²) in [6.07, 6.45) is 1.81. The topological polar surface area (TPSA) is 26.0 Å². The lowest BCUT2D eigenvalue weighted by Gasteiger charge is -2.10. The average Bonchev–Trinajstić information content (AvgIpc) is 2.51. The van der Waals surface area contributed by atoms with E-state index >= 15 is 0 Å². The monoisotopic (exact) mass is 215 g/mol. The van der Waals surface area contributed by atoms with Crippen LogP contribution in [0.2, 0.25) is 5.02 Å². The van der Waals surface area contributed by atoms with Crippen LogP contribution in [-0.2, 0) is 0 Å². The molecule has 1 unspecified atom stereocenters. The zero-order chi connectivity index (χ0) is 9.84. The van der Waals surface area contributed by atoms with Crippen molar-refractivity contribution in [3.63, 3.8) is 0 Å². The maximum atomic E-state index is 5.98. The minimum absolute atomic E-state index is 0.0138. The molecule has 1 atom stereocenters.